The summed E-state index contributed by atoms with van der Waals surface area (Å²) >= 11 is 2.48. The van der Waals surface area contributed by atoms with Crippen LogP contribution in [-0.2, 0) is 0 Å². The zero-order valence-electron chi connectivity index (χ0n) is 13.7. The Bertz CT molecular complexity index is 1080. The number of hydrogen-bond donors (Lipinski definition) is 2. The molecule has 0 saturated carbocycles. The Labute approximate surface area is 155 Å². The molecule has 0 radical (unpaired) electrons. The highest BCUT2D eigenvalue weighted by molar-refractivity contribution is 7.13. The fourth-order valence-electron chi connectivity index (χ4n) is 2.15. The van der Waals surface area contributed by atoms with E-state index in [0.717, 1.165) is 26.4 Å². The minimum Gasteiger partial charge on any atom is -0.496 e. The maximum absolute atomic E-state index is 10.8. The zero-order valence-corrected chi connectivity index (χ0v) is 15.3. The summed E-state index contributed by atoms with van der Waals surface area (Å²) in [5.74, 6) is -0.0648. The molecular weight excluding hydrogens is 378 g/mol. The van der Waals surface area contributed by atoms with E-state index in [4.69, 9.17) is 20.3 Å². The SMILES string of the molecule is COc1cc2nnsc2cc1C(=O)O.COc1cc2nnsc2cc1N. The number of nitrogens with zero attached hydrogens (tertiary/aromatic N) is 4. The monoisotopic (exact) mass is 391 g/mol. The lowest BCUT2D eigenvalue weighted by molar-refractivity contribution is 0.0693. The highest BCUT2D eigenvalue weighted by Gasteiger charge is 2.13. The van der Waals surface area contributed by atoms with E-state index in [0.29, 0.717) is 22.7 Å². The molecule has 2 aromatic carbocycles. The van der Waals surface area contributed by atoms with Crippen LogP contribution in [0.1, 0.15) is 10.4 Å². The van der Waals surface area contributed by atoms with Crippen LogP contribution < -0.4 is 15.2 Å². The van der Waals surface area contributed by atoms with Gasteiger partial charge in [-0.05, 0) is 35.2 Å². The number of carbonyl (C=O) groups is 1. The minimum atomic E-state index is -1.02. The molecule has 0 atom stereocenters. The molecular formula is C15H13N5O4S2. The van der Waals surface area contributed by atoms with Crippen molar-refractivity contribution in [3.05, 3.63) is 29.8 Å². The van der Waals surface area contributed by atoms with Gasteiger partial charge in [0.25, 0.3) is 0 Å². The molecule has 4 aromatic rings. The molecule has 0 spiro atoms. The maximum atomic E-state index is 10.8. The summed E-state index contributed by atoms with van der Waals surface area (Å²) in [5.41, 5.74) is 7.91. The number of fused-ring (bicyclic) bond motifs is 2. The van der Waals surface area contributed by atoms with Crippen LogP contribution in [0.5, 0.6) is 11.5 Å². The Balaban J connectivity index is 0.000000152. The molecule has 0 aliphatic heterocycles. The predicted molar refractivity (Wildman–Crippen MR) is 99.3 cm³/mol. The Kier molecular flexibility index (Phi) is 5.09. The molecule has 4 rings (SSSR count). The molecule has 11 heteroatoms. The third-order valence-corrected chi connectivity index (χ3v) is 4.77. The van der Waals surface area contributed by atoms with Crippen LogP contribution in [-0.4, -0.2) is 44.5 Å². The quantitative estimate of drug-likeness (QED) is 0.505. The first-order valence-corrected chi connectivity index (χ1v) is 8.67. The highest BCUT2D eigenvalue weighted by Crippen LogP contribution is 2.28. The van der Waals surface area contributed by atoms with Crippen LogP contribution in [0.25, 0.3) is 20.4 Å². The number of hydrogen-bond acceptors (Lipinski definition) is 10. The second-order valence-electron chi connectivity index (χ2n) is 4.93. The summed E-state index contributed by atoms with van der Waals surface area (Å²) in [6, 6.07) is 6.69. The first kappa shape index (κ1) is 17.8. The number of carboxylic acids is 1. The van der Waals surface area contributed by atoms with Gasteiger partial charge in [0.15, 0.2) is 0 Å². The van der Waals surface area contributed by atoms with Gasteiger partial charge in [0, 0.05) is 12.1 Å². The third-order valence-electron chi connectivity index (χ3n) is 3.40. The Morgan fingerprint density at radius 1 is 0.962 bits per heavy atom. The predicted octanol–water partition coefficient (Wildman–Crippen LogP) is 2.68. The molecule has 26 heavy (non-hydrogen) atoms. The molecule has 9 nitrogen and oxygen atoms in total. The topological polar surface area (TPSA) is 133 Å². The molecule has 2 heterocycles. The maximum Gasteiger partial charge on any atom is 0.339 e. The van der Waals surface area contributed by atoms with Gasteiger partial charge >= 0.3 is 5.97 Å². The average Bonchev–Trinajstić information content (AvgIpc) is 3.28. The molecule has 134 valence electrons. The van der Waals surface area contributed by atoms with Gasteiger partial charge in [-0.2, -0.15) is 0 Å². The van der Waals surface area contributed by atoms with Crippen molar-refractivity contribution in [2.24, 2.45) is 0 Å². The molecule has 0 saturated heterocycles. The van der Waals surface area contributed by atoms with Gasteiger partial charge in [-0.1, -0.05) is 8.98 Å². The van der Waals surface area contributed by atoms with Crippen LogP contribution >= 0.6 is 23.1 Å². The van der Waals surface area contributed by atoms with E-state index >= 15 is 0 Å². The molecule has 0 aliphatic rings. The van der Waals surface area contributed by atoms with Crippen LogP contribution in [0.15, 0.2) is 24.3 Å². The van der Waals surface area contributed by atoms with E-state index in [1.54, 1.807) is 19.2 Å². The lowest BCUT2D eigenvalue weighted by Gasteiger charge is -2.03. The van der Waals surface area contributed by atoms with Crippen LogP contribution in [0.3, 0.4) is 0 Å². The Morgan fingerprint density at radius 3 is 2.04 bits per heavy atom. The number of aromatic nitrogens is 4. The van der Waals surface area contributed by atoms with E-state index in [-0.39, 0.29) is 5.56 Å². The number of anilines is 1. The third kappa shape index (κ3) is 3.48. The van der Waals surface area contributed by atoms with E-state index in [1.807, 2.05) is 6.07 Å². The largest absolute Gasteiger partial charge is 0.496 e. The summed E-state index contributed by atoms with van der Waals surface area (Å²) in [4.78, 5) is 10.8. The standard InChI is InChI=1S/C8H6N2O3S.C7H7N3OS/c1-13-6-3-5-7(14-10-9-5)2-4(6)8(11)12;1-11-6-3-5-7(2-4(6)8)12-10-9-5/h2-3H,1H3,(H,11,12);2-3H,8H2,1H3. The molecule has 0 fully saturated rings. The van der Waals surface area contributed by atoms with Gasteiger partial charge in [0.05, 0.1) is 29.3 Å². The molecule has 3 N–H and O–H groups in total. The number of benzene rings is 2. The number of nitrogen functional groups attached to an aromatic ring is 1. The zero-order chi connectivity index (χ0) is 18.7. The minimum absolute atomic E-state index is 0.131. The highest BCUT2D eigenvalue weighted by atomic mass is 32.1. The summed E-state index contributed by atoms with van der Waals surface area (Å²) in [5, 5.41) is 16.6. The smallest absolute Gasteiger partial charge is 0.339 e. The fourth-order valence-corrected chi connectivity index (χ4v) is 3.32. The molecule has 0 amide bonds. The van der Waals surface area contributed by atoms with Gasteiger partial charge in [-0.25, -0.2) is 4.79 Å². The van der Waals surface area contributed by atoms with Crippen molar-refractivity contribution in [1.82, 2.24) is 19.2 Å². The van der Waals surface area contributed by atoms with Gasteiger partial charge in [0.1, 0.15) is 28.1 Å². The van der Waals surface area contributed by atoms with E-state index in [9.17, 15) is 4.79 Å². The number of rotatable bonds is 3. The van der Waals surface area contributed by atoms with Crippen molar-refractivity contribution in [3.8, 4) is 11.5 Å². The molecule has 0 unspecified atom stereocenters. The van der Waals surface area contributed by atoms with Gasteiger partial charge in [-0.3, -0.25) is 0 Å². The second-order valence-corrected chi connectivity index (χ2v) is 6.50. The van der Waals surface area contributed by atoms with E-state index < -0.39 is 5.97 Å². The van der Waals surface area contributed by atoms with Gasteiger partial charge in [-0.15, -0.1) is 10.2 Å². The summed E-state index contributed by atoms with van der Waals surface area (Å²) in [6.07, 6.45) is 0. The van der Waals surface area contributed by atoms with Crippen molar-refractivity contribution in [3.63, 3.8) is 0 Å². The number of ether oxygens (including phenoxy) is 2. The van der Waals surface area contributed by atoms with E-state index in [2.05, 4.69) is 19.2 Å². The van der Waals surface area contributed by atoms with Crippen LogP contribution in [0, 0.1) is 0 Å². The van der Waals surface area contributed by atoms with Crippen molar-refractivity contribution in [1.29, 1.82) is 0 Å². The first-order chi connectivity index (χ1) is 12.5. The van der Waals surface area contributed by atoms with Crippen molar-refractivity contribution in [2.45, 2.75) is 0 Å². The second kappa shape index (κ2) is 7.45. The van der Waals surface area contributed by atoms with Crippen molar-refractivity contribution in [2.75, 3.05) is 20.0 Å². The van der Waals surface area contributed by atoms with Gasteiger partial charge < -0.3 is 20.3 Å². The number of nitrogens with two attached hydrogens (primary N) is 1. The summed E-state index contributed by atoms with van der Waals surface area (Å²) in [6.45, 7) is 0. The lowest BCUT2D eigenvalue weighted by Crippen LogP contribution is -1.99. The summed E-state index contributed by atoms with van der Waals surface area (Å²) < 4.78 is 19.2. The summed E-state index contributed by atoms with van der Waals surface area (Å²) in [7, 11) is 3.00. The molecule has 0 bridgehead atoms. The fraction of sp³-hybridized carbons (Fsp3) is 0.133. The average molecular weight is 391 g/mol. The lowest BCUT2D eigenvalue weighted by atomic mass is 10.2. The number of methoxy groups -OCH3 is 2. The molecule has 0 aliphatic carbocycles. The number of aromatic carboxylic acids is 1. The molecule has 2 aromatic heterocycles. The van der Waals surface area contributed by atoms with Crippen LogP contribution in [0.4, 0.5) is 5.69 Å². The Morgan fingerprint density at radius 2 is 1.50 bits per heavy atom. The normalized spacial score (nSPS) is 10.4. The first-order valence-electron chi connectivity index (χ1n) is 7.12. The van der Waals surface area contributed by atoms with Crippen LogP contribution in [0.2, 0.25) is 0 Å². The van der Waals surface area contributed by atoms with Crippen molar-refractivity contribution < 1.29 is 19.4 Å². The van der Waals surface area contributed by atoms with Gasteiger partial charge in [0.2, 0.25) is 0 Å². The van der Waals surface area contributed by atoms with E-state index in [1.165, 1.54) is 24.7 Å². The Hall–Kier alpha value is -3.05. The van der Waals surface area contributed by atoms with Crippen molar-refractivity contribution >= 4 is 55.2 Å². The number of carboxylic acid groups (broad SMARTS) is 1.